The zero-order valence-electron chi connectivity index (χ0n) is 15.8. The molecule has 0 bridgehead atoms. The van der Waals surface area contributed by atoms with Crippen LogP contribution in [-0.4, -0.2) is 69.9 Å². The van der Waals surface area contributed by atoms with Crippen molar-refractivity contribution in [1.29, 1.82) is 0 Å². The minimum atomic E-state index is -0.0551. The van der Waals surface area contributed by atoms with Gasteiger partial charge in [-0.05, 0) is 33.0 Å². The first-order chi connectivity index (χ1) is 12.5. The molecule has 1 fully saturated rings. The van der Waals surface area contributed by atoms with Gasteiger partial charge in [0.2, 0.25) is 0 Å². The van der Waals surface area contributed by atoms with Crippen LogP contribution in [0.2, 0.25) is 0 Å². The number of piperazine rings is 1. The van der Waals surface area contributed by atoms with Crippen LogP contribution in [0.15, 0.2) is 22.7 Å². The Labute approximate surface area is 154 Å². The van der Waals surface area contributed by atoms with Crippen LogP contribution >= 0.6 is 0 Å². The summed E-state index contributed by atoms with van der Waals surface area (Å²) < 4.78 is 7.81. The van der Waals surface area contributed by atoms with E-state index in [1.54, 1.807) is 6.07 Å². The Kier molecular flexibility index (Phi) is 4.58. The van der Waals surface area contributed by atoms with E-state index in [2.05, 4.69) is 26.4 Å². The third-order valence-corrected chi connectivity index (χ3v) is 5.57. The van der Waals surface area contributed by atoms with Gasteiger partial charge in [-0.3, -0.25) is 9.69 Å². The first kappa shape index (κ1) is 17.3. The van der Waals surface area contributed by atoms with E-state index < -0.39 is 0 Å². The monoisotopic (exact) mass is 357 g/mol. The fourth-order valence-corrected chi connectivity index (χ4v) is 3.89. The van der Waals surface area contributed by atoms with Gasteiger partial charge in [-0.25, -0.2) is 4.98 Å². The van der Waals surface area contributed by atoms with E-state index in [4.69, 9.17) is 4.42 Å². The molecule has 0 aliphatic carbocycles. The Hall–Kier alpha value is -2.12. The zero-order valence-corrected chi connectivity index (χ0v) is 15.8. The molecule has 1 amide bonds. The van der Waals surface area contributed by atoms with E-state index in [1.807, 2.05) is 31.0 Å². The Morgan fingerprint density at radius 1 is 1.19 bits per heavy atom. The molecule has 2 aliphatic heterocycles. The molecule has 0 aromatic carbocycles. The van der Waals surface area contributed by atoms with E-state index in [0.717, 1.165) is 50.9 Å². The lowest BCUT2D eigenvalue weighted by Gasteiger charge is -2.35. The van der Waals surface area contributed by atoms with Crippen molar-refractivity contribution in [1.82, 2.24) is 24.3 Å². The summed E-state index contributed by atoms with van der Waals surface area (Å²) in [6, 6.07) is 3.53. The molecular formula is C19H27N5O2. The summed E-state index contributed by atoms with van der Waals surface area (Å²) in [6.07, 6.45) is 1.98. The third-order valence-electron chi connectivity index (χ3n) is 5.57. The number of carbonyl (C=O) groups is 1. The highest BCUT2D eigenvalue weighted by Gasteiger charge is 2.32. The zero-order chi connectivity index (χ0) is 18.3. The standard InChI is InChI=1S/C19H27N5O2/c1-14-4-5-17(26-14)19(25)23-10-11-24-16(12-20-18(24)15(23)2)13-22-8-6-21(3)7-9-22/h4-5,12,15H,6-11,13H2,1-3H3/t15-/m0/s1. The lowest BCUT2D eigenvalue weighted by atomic mass is 10.2. The minimum absolute atomic E-state index is 0.0529. The van der Waals surface area contributed by atoms with Gasteiger partial charge in [0, 0.05) is 52.0 Å². The van der Waals surface area contributed by atoms with Crippen LogP contribution in [0.25, 0.3) is 0 Å². The molecule has 0 saturated carbocycles. The predicted molar refractivity (Wildman–Crippen MR) is 97.9 cm³/mol. The fraction of sp³-hybridized carbons (Fsp3) is 0.579. The van der Waals surface area contributed by atoms with Crippen LogP contribution < -0.4 is 0 Å². The molecule has 2 aliphatic rings. The van der Waals surface area contributed by atoms with Gasteiger partial charge in [0.25, 0.3) is 5.91 Å². The lowest BCUT2D eigenvalue weighted by molar-refractivity contribution is 0.0600. The summed E-state index contributed by atoms with van der Waals surface area (Å²) in [5.74, 6) is 2.08. The second-order valence-corrected chi connectivity index (χ2v) is 7.42. The minimum Gasteiger partial charge on any atom is -0.456 e. The second kappa shape index (κ2) is 6.89. The van der Waals surface area contributed by atoms with Crippen LogP contribution in [0.1, 0.15) is 40.8 Å². The van der Waals surface area contributed by atoms with Gasteiger partial charge in [-0.1, -0.05) is 0 Å². The largest absolute Gasteiger partial charge is 0.456 e. The molecule has 0 spiro atoms. The number of furan rings is 1. The van der Waals surface area contributed by atoms with Crippen molar-refractivity contribution in [2.45, 2.75) is 33.0 Å². The van der Waals surface area contributed by atoms with Crippen molar-refractivity contribution in [3.05, 3.63) is 41.4 Å². The molecule has 0 unspecified atom stereocenters. The number of nitrogens with zero attached hydrogens (tertiary/aromatic N) is 5. The van der Waals surface area contributed by atoms with Gasteiger partial charge in [0.05, 0.1) is 11.7 Å². The molecule has 7 nitrogen and oxygen atoms in total. The van der Waals surface area contributed by atoms with Crippen molar-refractivity contribution >= 4 is 5.91 Å². The van der Waals surface area contributed by atoms with Gasteiger partial charge >= 0.3 is 0 Å². The average Bonchev–Trinajstić information content (AvgIpc) is 3.24. The molecular weight excluding hydrogens is 330 g/mol. The van der Waals surface area contributed by atoms with Crippen LogP contribution in [0, 0.1) is 6.92 Å². The molecule has 1 atom stereocenters. The van der Waals surface area contributed by atoms with Gasteiger partial charge in [-0.2, -0.15) is 0 Å². The quantitative estimate of drug-likeness (QED) is 0.838. The van der Waals surface area contributed by atoms with E-state index >= 15 is 0 Å². The number of fused-ring (bicyclic) bond motifs is 1. The van der Waals surface area contributed by atoms with Crippen LogP contribution in [-0.2, 0) is 13.1 Å². The van der Waals surface area contributed by atoms with Gasteiger partial charge in [0.15, 0.2) is 5.76 Å². The topological polar surface area (TPSA) is 57.8 Å². The number of hydrogen-bond donors (Lipinski definition) is 0. The average molecular weight is 357 g/mol. The summed E-state index contributed by atoms with van der Waals surface area (Å²) in [5.41, 5.74) is 1.25. The molecule has 7 heteroatoms. The van der Waals surface area contributed by atoms with E-state index in [9.17, 15) is 4.79 Å². The number of rotatable bonds is 3. The second-order valence-electron chi connectivity index (χ2n) is 7.42. The van der Waals surface area contributed by atoms with Crippen LogP contribution in [0.5, 0.6) is 0 Å². The van der Waals surface area contributed by atoms with Gasteiger partial charge in [-0.15, -0.1) is 0 Å². The normalized spacial score (nSPS) is 21.8. The highest BCUT2D eigenvalue weighted by atomic mass is 16.3. The number of likely N-dealkylation sites (N-methyl/N-ethyl adjacent to an activating group) is 1. The summed E-state index contributed by atoms with van der Waals surface area (Å²) in [5, 5.41) is 0. The third kappa shape index (κ3) is 3.17. The van der Waals surface area contributed by atoms with Crippen molar-refractivity contribution in [2.75, 3.05) is 39.8 Å². The van der Waals surface area contributed by atoms with Crippen molar-refractivity contribution in [3.63, 3.8) is 0 Å². The fourth-order valence-electron chi connectivity index (χ4n) is 3.89. The smallest absolute Gasteiger partial charge is 0.290 e. The predicted octanol–water partition coefficient (Wildman–Crippen LogP) is 1.75. The van der Waals surface area contributed by atoms with E-state index in [-0.39, 0.29) is 11.9 Å². The number of aryl methyl sites for hydroxylation is 1. The molecule has 1 saturated heterocycles. The lowest BCUT2D eigenvalue weighted by Crippen LogP contribution is -2.45. The molecule has 26 heavy (non-hydrogen) atoms. The number of carbonyl (C=O) groups excluding carboxylic acids is 1. The van der Waals surface area contributed by atoms with Gasteiger partial charge in [0.1, 0.15) is 11.6 Å². The van der Waals surface area contributed by atoms with Crippen LogP contribution in [0.3, 0.4) is 0 Å². The summed E-state index contributed by atoms with van der Waals surface area (Å²) in [6.45, 7) is 10.7. The highest BCUT2D eigenvalue weighted by molar-refractivity contribution is 5.91. The number of imidazole rings is 1. The van der Waals surface area contributed by atoms with Gasteiger partial charge < -0.3 is 18.8 Å². The molecule has 0 radical (unpaired) electrons. The summed E-state index contributed by atoms with van der Waals surface area (Å²) in [4.78, 5) is 24.1. The van der Waals surface area contributed by atoms with E-state index in [1.165, 1.54) is 5.69 Å². The number of amides is 1. The first-order valence-corrected chi connectivity index (χ1v) is 9.35. The Balaban J connectivity index is 1.48. The summed E-state index contributed by atoms with van der Waals surface area (Å²) in [7, 11) is 2.17. The maximum absolute atomic E-state index is 12.8. The molecule has 2 aromatic rings. The molecule has 140 valence electrons. The van der Waals surface area contributed by atoms with E-state index in [0.29, 0.717) is 12.3 Å². The molecule has 4 rings (SSSR count). The Morgan fingerprint density at radius 3 is 2.65 bits per heavy atom. The molecule has 2 aromatic heterocycles. The SMILES string of the molecule is Cc1ccc(C(=O)N2CCn3c(CN4CCN(C)CC4)cnc3[C@@H]2C)o1. The Bertz CT molecular complexity index is 788. The molecule has 4 heterocycles. The van der Waals surface area contributed by atoms with Crippen LogP contribution in [0.4, 0.5) is 0 Å². The first-order valence-electron chi connectivity index (χ1n) is 9.35. The van der Waals surface area contributed by atoms with Crippen molar-refractivity contribution in [3.8, 4) is 0 Å². The van der Waals surface area contributed by atoms with Crippen molar-refractivity contribution < 1.29 is 9.21 Å². The Morgan fingerprint density at radius 2 is 1.96 bits per heavy atom. The van der Waals surface area contributed by atoms with Crippen molar-refractivity contribution in [2.24, 2.45) is 0 Å². The maximum Gasteiger partial charge on any atom is 0.290 e. The maximum atomic E-state index is 12.8. The number of aromatic nitrogens is 2. The highest BCUT2D eigenvalue weighted by Crippen LogP contribution is 2.27. The summed E-state index contributed by atoms with van der Waals surface area (Å²) >= 11 is 0. The number of hydrogen-bond acceptors (Lipinski definition) is 5. The molecule has 0 N–H and O–H groups in total.